The summed E-state index contributed by atoms with van der Waals surface area (Å²) in [5.41, 5.74) is 0. The molecule has 0 spiro atoms. The van der Waals surface area contributed by atoms with Crippen LogP contribution in [0.1, 0.15) is 6.42 Å². The first-order valence-electron chi connectivity index (χ1n) is 4.00. The average Bonchev–Trinajstić information content (AvgIpc) is 2.60. The molecular weight excluding hydrogens is 154 g/mol. The Labute approximate surface area is 68.9 Å². The number of aliphatic hydroxyl groups excluding tert-OH is 1. The molecule has 11 heavy (non-hydrogen) atoms. The summed E-state index contributed by atoms with van der Waals surface area (Å²) in [4.78, 5) is 0. The van der Waals surface area contributed by atoms with E-state index in [1.165, 1.54) is 0 Å². The van der Waals surface area contributed by atoms with Gasteiger partial charge in [0.15, 0.2) is 0 Å². The number of aliphatic hydroxyl groups is 1. The fraction of sp³-hybridized carbons (Fsp3) is 0.875. The molecule has 0 radical (unpaired) electrons. The average molecular weight is 169 g/mol. The Morgan fingerprint density at radius 3 is 2.27 bits per heavy atom. The van der Waals surface area contributed by atoms with E-state index in [0.717, 1.165) is 6.42 Å². The van der Waals surface area contributed by atoms with Crippen molar-refractivity contribution in [3.63, 3.8) is 0 Å². The number of hydrogen-bond donors (Lipinski definition) is 1. The van der Waals surface area contributed by atoms with Crippen molar-refractivity contribution in [3.05, 3.63) is 0 Å². The van der Waals surface area contributed by atoms with Crippen molar-refractivity contribution in [2.45, 2.75) is 31.1 Å². The zero-order valence-corrected chi connectivity index (χ0v) is 8.39. The molecule has 1 fully saturated rings. The molecule has 2 nitrogen and oxygen atoms in total. The van der Waals surface area contributed by atoms with Crippen LogP contribution in [0.5, 0.6) is 0 Å². The molecule has 0 unspecified atom stereocenters. The van der Waals surface area contributed by atoms with Crippen molar-refractivity contribution >= 4 is 8.07 Å². The van der Waals surface area contributed by atoms with Gasteiger partial charge in [0.25, 0.3) is 0 Å². The van der Waals surface area contributed by atoms with Gasteiger partial charge in [-0.25, -0.2) is 0 Å². The van der Waals surface area contributed by atoms with E-state index in [-0.39, 0.29) is 17.6 Å². The summed E-state index contributed by atoms with van der Waals surface area (Å²) in [6, 6.07) is 2.40. The number of hydrogen-bond acceptors (Lipinski definition) is 2. The molecule has 1 rings (SSSR count). The minimum atomic E-state index is -1.38. The highest BCUT2D eigenvalue weighted by molar-refractivity contribution is 6.80. The Bertz CT molecular complexity index is 203. The molecule has 1 saturated carbocycles. The molecule has 0 saturated heterocycles. The lowest BCUT2D eigenvalue weighted by Gasteiger charge is -2.22. The lowest BCUT2D eigenvalue weighted by atomic mass is 10.3. The van der Waals surface area contributed by atoms with Gasteiger partial charge < -0.3 is 5.11 Å². The summed E-state index contributed by atoms with van der Waals surface area (Å²) in [6.45, 7) is 6.79. The largest absolute Gasteiger partial charge is 0.396 e. The number of nitrogens with zero attached hydrogens (tertiary/aromatic N) is 1. The van der Waals surface area contributed by atoms with Gasteiger partial charge in [0, 0.05) is 6.61 Å². The Hall–Kier alpha value is -0.333. The van der Waals surface area contributed by atoms with E-state index in [0.29, 0.717) is 0 Å². The monoisotopic (exact) mass is 169 g/mol. The Morgan fingerprint density at radius 1 is 1.64 bits per heavy atom. The van der Waals surface area contributed by atoms with Crippen LogP contribution < -0.4 is 0 Å². The Balaban J connectivity index is 2.77. The fourth-order valence-corrected chi connectivity index (χ4v) is 4.28. The SMILES string of the molecule is C[Si](C)(C)[C@@]1(C#N)C[C@@H]1CO. The molecule has 0 aliphatic heterocycles. The standard InChI is InChI=1S/C8H15NOSi/c1-11(2,3)8(6-9)4-7(8)5-10/h7,10H,4-5H2,1-3H3/t7-,8-/m1/s1. The molecule has 3 heteroatoms. The van der Waals surface area contributed by atoms with Gasteiger partial charge in [-0.2, -0.15) is 5.26 Å². The molecule has 1 N–H and O–H groups in total. The van der Waals surface area contributed by atoms with Gasteiger partial charge in [0.1, 0.15) is 0 Å². The first-order valence-corrected chi connectivity index (χ1v) is 7.50. The molecule has 0 aromatic carbocycles. The van der Waals surface area contributed by atoms with Crippen LogP contribution in [-0.2, 0) is 0 Å². The van der Waals surface area contributed by atoms with Gasteiger partial charge >= 0.3 is 0 Å². The van der Waals surface area contributed by atoms with Crippen LogP contribution in [-0.4, -0.2) is 19.8 Å². The van der Waals surface area contributed by atoms with Crippen LogP contribution in [0.15, 0.2) is 0 Å². The lowest BCUT2D eigenvalue weighted by molar-refractivity contribution is 0.273. The molecule has 0 amide bonds. The van der Waals surface area contributed by atoms with Gasteiger partial charge in [0.05, 0.1) is 19.2 Å². The summed E-state index contributed by atoms with van der Waals surface area (Å²) < 4.78 is 0. The topological polar surface area (TPSA) is 44.0 Å². The van der Waals surface area contributed by atoms with Crippen LogP contribution in [0.2, 0.25) is 24.7 Å². The van der Waals surface area contributed by atoms with Crippen molar-refractivity contribution in [3.8, 4) is 6.07 Å². The highest BCUT2D eigenvalue weighted by Crippen LogP contribution is 2.64. The minimum Gasteiger partial charge on any atom is -0.396 e. The van der Waals surface area contributed by atoms with Crippen LogP contribution in [0, 0.1) is 17.2 Å². The summed E-state index contributed by atoms with van der Waals surface area (Å²) >= 11 is 0. The summed E-state index contributed by atoms with van der Waals surface area (Å²) in [5.74, 6) is 0.277. The molecule has 0 bridgehead atoms. The summed E-state index contributed by atoms with van der Waals surface area (Å²) in [7, 11) is -1.38. The second kappa shape index (κ2) is 2.33. The Kier molecular flexibility index (Phi) is 1.85. The minimum absolute atomic E-state index is 0.109. The van der Waals surface area contributed by atoms with Crippen molar-refractivity contribution in [2.75, 3.05) is 6.61 Å². The smallest absolute Gasteiger partial charge is 0.0684 e. The van der Waals surface area contributed by atoms with Gasteiger partial charge in [-0.3, -0.25) is 0 Å². The van der Waals surface area contributed by atoms with Crippen LogP contribution in [0.4, 0.5) is 0 Å². The van der Waals surface area contributed by atoms with Crippen molar-refractivity contribution < 1.29 is 5.11 Å². The van der Waals surface area contributed by atoms with Crippen molar-refractivity contribution in [1.29, 1.82) is 5.26 Å². The van der Waals surface area contributed by atoms with E-state index in [4.69, 9.17) is 10.4 Å². The van der Waals surface area contributed by atoms with Gasteiger partial charge in [-0.05, 0) is 12.3 Å². The first-order chi connectivity index (χ1) is 4.98. The fourth-order valence-electron chi connectivity index (χ4n) is 1.77. The predicted octanol–water partition coefficient (Wildman–Crippen LogP) is 1.60. The molecule has 0 aromatic rings. The van der Waals surface area contributed by atoms with E-state index in [9.17, 15) is 0 Å². The molecular formula is C8H15NOSi. The van der Waals surface area contributed by atoms with E-state index < -0.39 is 8.07 Å². The quantitative estimate of drug-likeness (QED) is 0.638. The van der Waals surface area contributed by atoms with E-state index in [1.54, 1.807) is 0 Å². The summed E-state index contributed by atoms with van der Waals surface area (Å²) in [5, 5.41) is 17.8. The van der Waals surface area contributed by atoms with Gasteiger partial charge in [0.2, 0.25) is 0 Å². The van der Waals surface area contributed by atoms with Gasteiger partial charge in [-0.1, -0.05) is 19.6 Å². The van der Waals surface area contributed by atoms with E-state index in [1.807, 2.05) is 0 Å². The highest BCUT2D eigenvalue weighted by atomic mass is 28.3. The van der Waals surface area contributed by atoms with Crippen LogP contribution in [0.25, 0.3) is 0 Å². The van der Waals surface area contributed by atoms with Gasteiger partial charge in [-0.15, -0.1) is 0 Å². The third-order valence-corrected chi connectivity index (χ3v) is 6.26. The Morgan fingerprint density at radius 2 is 2.18 bits per heavy atom. The maximum atomic E-state index is 8.97. The molecule has 0 aromatic heterocycles. The molecule has 2 atom stereocenters. The zero-order chi connectivity index (χ0) is 8.70. The first kappa shape index (κ1) is 8.76. The maximum Gasteiger partial charge on any atom is 0.0684 e. The van der Waals surface area contributed by atoms with E-state index in [2.05, 4.69) is 25.7 Å². The molecule has 62 valence electrons. The molecule has 1 aliphatic carbocycles. The normalized spacial score (nSPS) is 36.5. The second-order valence-electron chi connectivity index (χ2n) is 4.42. The molecule has 1 aliphatic rings. The molecule has 0 heterocycles. The maximum absolute atomic E-state index is 8.97. The van der Waals surface area contributed by atoms with Crippen LogP contribution in [0.3, 0.4) is 0 Å². The second-order valence-corrected chi connectivity index (χ2v) is 9.81. The highest BCUT2D eigenvalue weighted by Gasteiger charge is 2.62. The number of rotatable bonds is 2. The third-order valence-electron chi connectivity index (χ3n) is 2.86. The third kappa shape index (κ3) is 1.11. The predicted molar refractivity (Wildman–Crippen MR) is 46.8 cm³/mol. The number of nitriles is 1. The lowest BCUT2D eigenvalue weighted by Crippen LogP contribution is -2.30. The van der Waals surface area contributed by atoms with Crippen molar-refractivity contribution in [2.24, 2.45) is 5.92 Å². The summed E-state index contributed by atoms with van der Waals surface area (Å²) in [6.07, 6.45) is 0.926. The zero-order valence-electron chi connectivity index (χ0n) is 7.39. The van der Waals surface area contributed by atoms with Crippen LogP contribution >= 0.6 is 0 Å². The van der Waals surface area contributed by atoms with E-state index >= 15 is 0 Å². The van der Waals surface area contributed by atoms with Crippen molar-refractivity contribution in [1.82, 2.24) is 0 Å².